The maximum absolute atomic E-state index is 10.6. The summed E-state index contributed by atoms with van der Waals surface area (Å²) in [5.41, 5.74) is 12.4. The van der Waals surface area contributed by atoms with Gasteiger partial charge in [0.1, 0.15) is 5.82 Å². The smallest absolute Gasteiger partial charge is 0.186 e. The van der Waals surface area contributed by atoms with Crippen molar-refractivity contribution in [1.29, 1.82) is 0 Å². The number of nitrogen functional groups attached to an aromatic ring is 2. The molecule has 1 aromatic heterocycles. The molecule has 5 heteroatoms. The Labute approximate surface area is 92.8 Å². The fraction of sp³-hybridized carbons (Fsp3) is 0.200. The van der Waals surface area contributed by atoms with Gasteiger partial charge in [-0.15, -0.1) is 0 Å². The Morgan fingerprint density at radius 2 is 2.33 bits per heavy atom. The summed E-state index contributed by atoms with van der Waals surface area (Å²) in [4.78, 5) is 14.6. The number of rotatable bonds is 3. The molecule has 0 aliphatic heterocycles. The van der Waals surface area contributed by atoms with Crippen molar-refractivity contribution in [2.45, 2.75) is 6.92 Å². The third-order valence-corrected chi connectivity index (χ3v) is 2.43. The molecule has 0 saturated heterocycles. The third-order valence-electron chi connectivity index (χ3n) is 1.66. The maximum Gasteiger partial charge on any atom is 0.186 e. The SMILES string of the molecule is CC(=O)SCC=Cc1cnc(N)c(N)c1. The molecule has 0 unspecified atom stereocenters. The summed E-state index contributed by atoms with van der Waals surface area (Å²) in [7, 11) is 0. The van der Waals surface area contributed by atoms with Crippen molar-refractivity contribution < 1.29 is 4.79 Å². The summed E-state index contributed by atoms with van der Waals surface area (Å²) in [5.74, 6) is 0.991. The monoisotopic (exact) mass is 223 g/mol. The molecular formula is C10H13N3OS. The predicted octanol–water partition coefficient (Wildman–Crippen LogP) is 1.54. The van der Waals surface area contributed by atoms with Crippen molar-refractivity contribution >= 4 is 34.5 Å². The van der Waals surface area contributed by atoms with Crippen LogP contribution in [0.25, 0.3) is 6.08 Å². The minimum Gasteiger partial charge on any atom is -0.396 e. The number of hydrogen-bond donors (Lipinski definition) is 2. The number of hydrogen-bond acceptors (Lipinski definition) is 5. The van der Waals surface area contributed by atoms with Gasteiger partial charge in [0.2, 0.25) is 0 Å². The van der Waals surface area contributed by atoms with Crippen LogP contribution in [0, 0.1) is 0 Å². The lowest BCUT2D eigenvalue weighted by molar-refractivity contribution is -0.109. The first-order valence-electron chi connectivity index (χ1n) is 4.40. The summed E-state index contributed by atoms with van der Waals surface area (Å²) in [6.07, 6.45) is 5.39. The van der Waals surface area contributed by atoms with Crippen molar-refractivity contribution in [2.24, 2.45) is 0 Å². The van der Waals surface area contributed by atoms with E-state index in [4.69, 9.17) is 11.5 Å². The Hall–Kier alpha value is -1.49. The lowest BCUT2D eigenvalue weighted by Crippen LogP contribution is -1.97. The number of thioether (sulfide) groups is 1. The Balaban J connectivity index is 2.57. The number of carbonyl (C=O) groups is 1. The number of pyridine rings is 1. The molecule has 80 valence electrons. The van der Waals surface area contributed by atoms with Crippen molar-refractivity contribution in [3.05, 3.63) is 23.9 Å². The van der Waals surface area contributed by atoms with Crippen molar-refractivity contribution in [2.75, 3.05) is 17.2 Å². The Kier molecular flexibility index (Phi) is 4.17. The summed E-state index contributed by atoms with van der Waals surface area (Å²) < 4.78 is 0. The first-order valence-corrected chi connectivity index (χ1v) is 5.39. The zero-order valence-corrected chi connectivity index (χ0v) is 9.25. The van der Waals surface area contributed by atoms with E-state index in [0.29, 0.717) is 17.3 Å². The zero-order chi connectivity index (χ0) is 11.3. The van der Waals surface area contributed by atoms with E-state index in [0.717, 1.165) is 5.56 Å². The van der Waals surface area contributed by atoms with E-state index in [1.807, 2.05) is 12.2 Å². The highest BCUT2D eigenvalue weighted by Crippen LogP contribution is 2.13. The molecule has 0 radical (unpaired) electrons. The van der Waals surface area contributed by atoms with Crippen LogP contribution in [0.1, 0.15) is 12.5 Å². The Morgan fingerprint density at radius 1 is 1.60 bits per heavy atom. The van der Waals surface area contributed by atoms with Crippen LogP contribution >= 0.6 is 11.8 Å². The second-order valence-corrected chi connectivity index (χ2v) is 4.14. The molecular weight excluding hydrogens is 210 g/mol. The second-order valence-electron chi connectivity index (χ2n) is 2.95. The van der Waals surface area contributed by atoms with E-state index in [1.165, 1.54) is 11.8 Å². The Bertz CT molecular complexity index is 390. The number of aromatic nitrogens is 1. The number of nitrogens with zero attached hydrogens (tertiary/aromatic N) is 1. The van der Waals surface area contributed by atoms with Crippen molar-refractivity contribution in [3.63, 3.8) is 0 Å². The number of carbonyl (C=O) groups excluding carboxylic acids is 1. The van der Waals surface area contributed by atoms with Gasteiger partial charge < -0.3 is 11.5 Å². The van der Waals surface area contributed by atoms with E-state index in [9.17, 15) is 4.79 Å². The second kappa shape index (κ2) is 5.41. The molecule has 0 spiro atoms. The van der Waals surface area contributed by atoms with Crippen LogP contribution in [0.3, 0.4) is 0 Å². The molecule has 0 aliphatic carbocycles. The van der Waals surface area contributed by atoms with E-state index >= 15 is 0 Å². The molecule has 1 aromatic rings. The van der Waals surface area contributed by atoms with Crippen LogP contribution in [-0.4, -0.2) is 15.9 Å². The minimum absolute atomic E-state index is 0.106. The average Bonchev–Trinajstić information content (AvgIpc) is 2.18. The molecule has 15 heavy (non-hydrogen) atoms. The van der Waals surface area contributed by atoms with E-state index in [-0.39, 0.29) is 5.12 Å². The lowest BCUT2D eigenvalue weighted by atomic mass is 10.2. The summed E-state index contributed by atoms with van der Waals surface area (Å²) in [5, 5.41) is 0.106. The van der Waals surface area contributed by atoms with Gasteiger partial charge in [0, 0.05) is 18.9 Å². The first kappa shape index (κ1) is 11.6. The van der Waals surface area contributed by atoms with Gasteiger partial charge in [0.25, 0.3) is 0 Å². The molecule has 0 atom stereocenters. The normalized spacial score (nSPS) is 10.7. The Morgan fingerprint density at radius 3 is 2.93 bits per heavy atom. The highest BCUT2D eigenvalue weighted by molar-refractivity contribution is 8.13. The highest BCUT2D eigenvalue weighted by atomic mass is 32.2. The third kappa shape index (κ3) is 4.03. The molecule has 0 amide bonds. The molecule has 4 N–H and O–H groups in total. The minimum atomic E-state index is 0.106. The van der Waals surface area contributed by atoms with Gasteiger partial charge in [-0.25, -0.2) is 4.98 Å². The van der Waals surface area contributed by atoms with Gasteiger partial charge in [-0.05, 0) is 11.6 Å². The van der Waals surface area contributed by atoms with Crippen molar-refractivity contribution in [3.8, 4) is 0 Å². The van der Waals surface area contributed by atoms with Gasteiger partial charge in [-0.3, -0.25) is 4.79 Å². The summed E-state index contributed by atoms with van der Waals surface area (Å²) >= 11 is 1.26. The zero-order valence-electron chi connectivity index (χ0n) is 8.43. The van der Waals surface area contributed by atoms with Gasteiger partial charge in [0.15, 0.2) is 5.12 Å². The van der Waals surface area contributed by atoms with Crippen LogP contribution in [-0.2, 0) is 4.79 Å². The largest absolute Gasteiger partial charge is 0.396 e. The molecule has 0 fully saturated rings. The van der Waals surface area contributed by atoms with Crippen LogP contribution in [0.4, 0.5) is 11.5 Å². The van der Waals surface area contributed by atoms with E-state index < -0.39 is 0 Å². The molecule has 0 aliphatic rings. The van der Waals surface area contributed by atoms with Gasteiger partial charge in [-0.2, -0.15) is 0 Å². The molecule has 0 saturated carbocycles. The predicted molar refractivity (Wildman–Crippen MR) is 65.2 cm³/mol. The van der Waals surface area contributed by atoms with Crippen LogP contribution in [0.5, 0.6) is 0 Å². The topological polar surface area (TPSA) is 82.0 Å². The van der Waals surface area contributed by atoms with Crippen LogP contribution < -0.4 is 11.5 Å². The lowest BCUT2D eigenvalue weighted by Gasteiger charge is -1.99. The van der Waals surface area contributed by atoms with Crippen molar-refractivity contribution in [1.82, 2.24) is 4.98 Å². The molecule has 0 aromatic carbocycles. The molecule has 1 rings (SSSR count). The molecule has 1 heterocycles. The van der Waals surface area contributed by atoms with E-state index in [1.54, 1.807) is 19.2 Å². The molecule has 4 nitrogen and oxygen atoms in total. The van der Waals surface area contributed by atoms with Crippen LogP contribution in [0.2, 0.25) is 0 Å². The average molecular weight is 223 g/mol. The number of anilines is 2. The van der Waals surface area contributed by atoms with Gasteiger partial charge >= 0.3 is 0 Å². The quantitative estimate of drug-likeness (QED) is 0.812. The van der Waals surface area contributed by atoms with Crippen LogP contribution in [0.15, 0.2) is 18.3 Å². The first-order chi connectivity index (χ1) is 7.09. The fourth-order valence-electron chi connectivity index (χ4n) is 0.950. The van der Waals surface area contributed by atoms with Gasteiger partial charge in [0.05, 0.1) is 5.69 Å². The highest BCUT2D eigenvalue weighted by Gasteiger charge is 1.95. The van der Waals surface area contributed by atoms with Gasteiger partial charge in [-0.1, -0.05) is 23.9 Å². The summed E-state index contributed by atoms with van der Waals surface area (Å²) in [6, 6.07) is 1.75. The van der Waals surface area contributed by atoms with E-state index in [2.05, 4.69) is 4.98 Å². The molecule has 0 bridgehead atoms. The summed E-state index contributed by atoms with van der Waals surface area (Å²) in [6.45, 7) is 1.54. The fourth-order valence-corrected chi connectivity index (χ4v) is 1.38. The standard InChI is InChI=1S/C10H13N3OS/c1-7(14)15-4-2-3-8-5-9(11)10(12)13-6-8/h2-3,5-6H,4,11H2,1H3,(H2,12,13). The maximum atomic E-state index is 10.6. The number of nitrogens with two attached hydrogens (primary N) is 2.